The molecule has 1 aliphatic rings. The molecule has 2 N–H and O–H groups in total. The van der Waals surface area contributed by atoms with Gasteiger partial charge >= 0.3 is 0 Å². The Morgan fingerprint density at radius 1 is 1.37 bits per heavy atom. The maximum Gasteiger partial charge on any atom is 0.247 e. The maximum atomic E-state index is 12.7. The second kappa shape index (κ2) is 4.94. The Balaban J connectivity index is 2.19. The number of morpholine rings is 1. The van der Waals surface area contributed by atoms with E-state index in [0.717, 1.165) is 5.56 Å². The third kappa shape index (κ3) is 2.96. The Morgan fingerprint density at radius 2 is 2.00 bits per heavy atom. The average molecular weight is 262 g/mol. The van der Waals surface area contributed by atoms with Gasteiger partial charge in [-0.2, -0.15) is 0 Å². The topological polar surface area (TPSA) is 55.6 Å². The van der Waals surface area contributed by atoms with Crippen molar-refractivity contribution in [2.75, 3.05) is 19.7 Å². The van der Waals surface area contributed by atoms with E-state index in [1.54, 1.807) is 11.8 Å². The highest BCUT2D eigenvalue weighted by Crippen LogP contribution is 2.24. The Morgan fingerprint density at radius 3 is 2.58 bits per heavy atom. The van der Waals surface area contributed by atoms with E-state index in [1.165, 1.54) is 0 Å². The van der Waals surface area contributed by atoms with Crippen LogP contribution in [0.3, 0.4) is 0 Å². The number of benzene rings is 1. The first-order valence-corrected chi connectivity index (χ1v) is 6.61. The smallest absolute Gasteiger partial charge is 0.247 e. The van der Waals surface area contributed by atoms with Crippen LogP contribution >= 0.6 is 0 Å². The number of hydrogen-bond acceptors (Lipinski definition) is 3. The molecular formula is C15H22N2O2. The number of ether oxygens (including phenoxy) is 1. The van der Waals surface area contributed by atoms with E-state index in [4.69, 9.17) is 10.5 Å². The lowest BCUT2D eigenvalue weighted by Gasteiger charge is -2.41. The van der Waals surface area contributed by atoms with Gasteiger partial charge in [-0.15, -0.1) is 0 Å². The average Bonchev–Trinajstić information content (AvgIpc) is 2.37. The zero-order chi connectivity index (χ0) is 14.1. The molecule has 1 atom stereocenters. The summed E-state index contributed by atoms with van der Waals surface area (Å²) in [5.74, 6) is -0.0462. The normalized spacial score (nSPS) is 21.8. The van der Waals surface area contributed by atoms with Gasteiger partial charge in [-0.25, -0.2) is 0 Å². The van der Waals surface area contributed by atoms with E-state index in [-0.39, 0.29) is 11.5 Å². The third-order valence-electron chi connectivity index (χ3n) is 3.53. The Hall–Kier alpha value is -1.39. The van der Waals surface area contributed by atoms with Crippen LogP contribution in [0.15, 0.2) is 30.3 Å². The first-order chi connectivity index (χ1) is 8.83. The quantitative estimate of drug-likeness (QED) is 0.878. The van der Waals surface area contributed by atoms with Crippen LogP contribution in [0, 0.1) is 0 Å². The molecule has 4 nitrogen and oxygen atoms in total. The molecule has 1 fully saturated rings. The molecule has 0 unspecified atom stereocenters. The van der Waals surface area contributed by atoms with Gasteiger partial charge < -0.3 is 15.4 Å². The summed E-state index contributed by atoms with van der Waals surface area (Å²) in [7, 11) is 0. The van der Waals surface area contributed by atoms with Crippen LogP contribution in [-0.2, 0) is 15.1 Å². The molecule has 4 heteroatoms. The Labute approximate surface area is 114 Å². The van der Waals surface area contributed by atoms with E-state index >= 15 is 0 Å². The fourth-order valence-corrected chi connectivity index (χ4v) is 2.43. The summed E-state index contributed by atoms with van der Waals surface area (Å²) in [6.07, 6.45) is 0. The van der Waals surface area contributed by atoms with Crippen molar-refractivity contribution in [2.24, 2.45) is 5.73 Å². The van der Waals surface area contributed by atoms with Gasteiger partial charge in [0.1, 0.15) is 5.54 Å². The van der Waals surface area contributed by atoms with E-state index < -0.39 is 5.54 Å². The van der Waals surface area contributed by atoms with Crippen LogP contribution < -0.4 is 5.73 Å². The minimum atomic E-state index is -0.991. The van der Waals surface area contributed by atoms with Crippen molar-refractivity contribution >= 4 is 5.91 Å². The van der Waals surface area contributed by atoms with Crippen molar-refractivity contribution in [1.82, 2.24) is 4.90 Å². The largest absolute Gasteiger partial charge is 0.372 e. The second-order valence-electron chi connectivity index (χ2n) is 5.90. The van der Waals surface area contributed by atoms with Crippen molar-refractivity contribution in [3.63, 3.8) is 0 Å². The predicted molar refractivity (Wildman–Crippen MR) is 74.6 cm³/mol. The molecule has 1 amide bonds. The zero-order valence-electron chi connectivity index (χ0n) is 11.8. The van der Waals surface area contributed by atoms with Crippen molar-refractivity contribution < 1.29 is 9.53 Å². The lowest BCUT2D eigenvalue weighted by Crippen LogP contribution is -2.58. The minimum Gasteiger partial charge on any atom is -0.372 e. The van der Waals surface area contributed by atoms with Gasteiger partial charge in [-0.1, -0.05) is 30.3 Å². The maximum absolute atomic E-state index is 12.7. The van der Waals surface area contributed by atoms with Gasteiger partial charge in [0, 0.05) is 13.1 Å². The number of carbonyl (C=O) groups is 1. The molecule has 0 aliphatic carbocycles. The summed E-state index contributed by atoms with van der Waals surface area (Å²) in [5.41, 5.74) is 5.81. The van der Waals surface area contributed by atoms with E-state index in [2.05, 4.69) is 0 Å². The highest BCUT2D eigenvalue weighted by molar-refractivity contribution is 5.87. The summed E-state index contributed by atoms with van der Waals surface area (Å²) < 4.78 is 5.63. The fourth-order valence-electron chi connectivity index (χ4n) is 2.43. The minimum absolute atomic E-state index is 0.0462. The summed E-state index contributed by atoms with van der Waals surface area (Å²) in [5, 5.41) is 0. The lowest BCUT2D eigenvalue weighted by atomic mass is 9.91. The summed E-state index contributed by atoms with van der Waals surface area (Å²) in [4.78, 5) is 14.5. The molecule has 104 valence electrons. The molecule has 0 saturated carbocycles. The summed E-state index contributed by atoms with van der Waals surface area (Å²) in [6, 6.07) is 9.50. The van der Waals surface area contributed by atoms with Crippen molar-refractivity contribution in [2.45, 2.75) is 31.9 Å². The number of rotatable bonds is 2. The van der Waals surface area contributed by atoms with E-state index in [1.807, 2.05) is 44.2 Å². The van der Waals surface area contributed by atoms with Crippen LogP contribution in [0.1, 0.15) is 26.3 Å². The van der Waals surface area contributed by atoms with Crippen molar-refractivity contribution in [3.05, 3.63) is 35.9 Å². The molecule has 1 heterocycles. The van der Waals surface area contributed by atoms with Crippen molar-refractivity contribution in [3.8, 4) is 0 Å². The molecule has 0 radical (unpaired) electrons. The fraction of sp³-hybridized carbons (Fsp3) is 0.533. The van der Waals surface area contributed by atoms with Crippen LogP contribution in [0.5, 0.6) is 0 Å². The molecule has 1 aliphatic heterocycles. The first kappa shape index (κ1) is 14.0. The number of nitrogens with zero attached hydrogens (tertiary/aromatic N) is 1. The second-order valence-corrected chi connectivity index (χ2v) is 5.90. The molecule has 1 aromatic carbocycles. The lowest BCUT2D eigenvalue weighted by molar-refractivity contribution is -0.151. The summed E-state index contributed by atoms with van der Waals surface area (Å²) in [6.45, 7) is 7.48. The van der Waals surface area contributed by atoms with E-state index in [0.29, 0.717) is 19.7 Å². The molecule has 2 rings (SSSR count). The van der Waals surface area contributed by atoms with Crippen LogP contribution in [-0.4, -0.2) is 36.1 Å². The van der Waals surface area contributed by atoms with Crippen LogP contribution in [0.25, 0.3) is 0 Å². The van der Waals surface area contributed by atoms with Gasteiger partial charge in [0.15, 0.2) is 0 Å². The molecule has 0 bridgehead atoms. The number of hydrogen-bond donors (Lipinski definition) is 1. The van der Waals surface area contributed by atoms with Crippen LogP contribution in [0.2, 0.25) is 0 Å². The van der Waals surface area contributed by atoms with Gasteiger partial charge in [-0.05, 0) is 26.3 Å². The van der Waals surface area contributed by atoms with Gasteiger partial charge in [0.05, 0.1) is 12.2 Å². The van der Waals surface area contributed by atoms with Crippen LogP contribution in [0.4, 0.5) is 0 Å². The highest BCUT2D eigenvalue weighted by Gasteiger charge is 2.38. The SMILES string of the molecule is CC1(C)CN(C(=O)[C@](C)(N)c2ccccc2)CCO1. The molecule has 19 heavy (non-hydrogen) atoms. The number of nitrogens with two attached hydrogens (primary N) is 1. The predicted octanol–water partition coefficient (Wildman–Crippen LogP) is 1.50. The summed E-state index contributed by atoms with van der Waals surface area (Å²) >= 11 is 0. The Kier molecular flexibility index (Phi) is 3.65. The third-order valence-corrected chi connectivity index (χ3v) is 3.53. The standard InChI is InChI=1S/C15H22N2O2/c1-14(2)11-17(9-10-19-14)13(18)15(3,16)12-7-5-4-6-8-12/h4-8H,9-11,16H2,1-3H3/t15-/m1/s1. The van der Waals surface area contributed by atoms with Gasteiger partial charge in [0.25, 0.3) is 0 Å². The number of amides is 1. The highest BCUT2D eigenvalue weighted by atomic mass is 16.5. The first-order valence-electron chi connectivity index (χ1n) is 6.61. The molecule has 1 saturated heterocycles. The Bertz CT molecular complexity index is 454. The monoisotopic (exact) mass is 262 g/mol. The zero-order valence-corrected chi connectivity index (χ0v) is 11.8. The van der Waals surface area contributed by atoms with Gasteiger partial charge in [0.2, 0.25) is 5.91 Å². The number of carbonyl (C=O) groups excluding carboxylic acids is 1. The molecular weight excluding hydrogens is 240 g/mol. The van der Waals surface area contributed by atoms with Gasteiger partial charge in [-0.3, -0.25) is 4.79 Å². The van der Waals surface area contributed by atoms with E-state index in [9.17, 15) is 4.79 Å². The van der Waals surface area contributed by atoms with Crippen molar-refractivity contribution in [1.29, 1.82) is 0 Å². The molecule has 0 aromatic heterocycles. The molecule has 0 spiro atoms. The molecule has 1 aromatic rings.